The molecule has 32 heavy (non-hydrogen) atoms. The molecule has 2 aromatic carbocycles. The lowest BCUT2D eigenvalue weighted by atomic mass is 10.0. The lowest BCUT2D eigenvalue weighted by Gasteiger charge is -2.10. The Bertz CT molecular complexity index is 1180. The highest BCUT2D eigenvalue weighted by Crippen LogP contribution is 2.26. The third kappa shape index (κ3) is 4.47. The third-order valence-corrected chi connectivity index (χ3v) is 5.12. The molecule has 1 atom stereocenters. The van der Waals surface area contributed by atoms with Crippen molar-refractivity contribution in [3.05, 3.63) is 76.8 Å². The molecule has 10 heteroatoms. The van der Waals surface area contributed by atoms with Crippen LogP contribution in [0.2, 0.25) is 5.02 Å². The SMILES string of the molecule is CCn1cc(NC(=O)C2CC(c3c(F)cccc3Cl)=NO2)c(C(=O)Nc2ccccc2)n1. The van der Waals surface area contributed by atoms with Crippen molar-refractivity contribution in [1.29, 1.82) is 0 Å². The van der Waals surface area contributed by atoms with Gasteiger partial charge in [-0.3, -0.25) is 14.3 Å². The Morgan fingerprint density at radius 1 is 1.19 bits per heavy atom. The Kier molecular flexibility index (Phi) is 6.18. The number of oxime groups is 1. The molecule has 2 heterocycles. The molecule has 0 aliphatic carbocycles. The molecule has 4 rings (SSSR count). The Hall–Kier alpha value is -3.72. The summed E-state index contributed by atoms with van der Waals surface area (Å²) in [6.45, 7) is 2.36. The van der Waals surface area contributed by atoms with Gasteiger partial charge < -0.3 is 15.5 Å². The van der Waals surface area contributed by atoms with E-state index in [2.05, 4.69) is 20.9 Å². The molecule has 3 aromatic rings. The van der Waals surface area contributed by atoms with Gasteiger partial charge in [0, 0.05) is 24.8 Å². The van der Waals surface area contributed by atoms with Crippen LogP contribution in [0.4, 0.5) is 15.8 Å². The predicted molar refractivity (Wildman–Crippen MR) is 118 cm³/mol. The normalized spacial score (nSPS) is 15.1. The van der Waals surface area contributed by atoms with Crippen molar-refractivity contribution >= 4 is 40.5 Å². The van der Waals surface area contributed by atoms with Gasteiger partial charge in [-0.15, -0.1) is 0 Å². The maximum absolute atomic E-state index is 14.2. The van der Waals surface area contributed by atoms with E-state index in [0.29, 0.717) is 12.2 Å². The second kappa shape index (κ2) is 9.19. The first-order valence-electron chi connectivity index (χ1n) is 9.88. The van der Waals surface area contributed by atoms with Crippen LogP contribution in [0.1, 0.15) is 29.4 Å². The van der Waals surface area contributed by atoms with E-state index in [9.17, 15) is 14.0 Å². The van der Waals surface area contributed by atoms with Gasteiger partial charge in [0.1, 0.15) is 5.82 Å². The molecule has 0 bridgehead atoms. The number of carbonyl (C=O) groups excluding carboxylic acids is 2. The zero-order valence-electron chi connectivity index (χ0n) is 17.0. The number of nitrogens with zero attached hydrogens (tertiary/aromatic N) is 3. The van der Waals surface area contributed by atoms with Crippen LogP contribution in [0.5, 0.6) is 0 Å². The van der Waals surface area contributed by atoms with Crippen molar-refractivity contribution in [2.24, 2.45) is 5.16 Å². The number of aryl methyl sites for hydroxylation is 1. The van der Waals surface area contributed by atoms with Crippen molar-refractivity contribution in [2.75, 3.05) is 10.6 Å². The molecule has 0 saturated carbocycles. The van der Waals surface area contributed by atoms with Crippen LogP contribution in [0.25, 0.3) is 0 Å². The number of benzene rings is 2. The van der Waals surface area contributed by atoms with Crippen LogP contribution in [0.3, 0.4) is 0 Å². The summed E-state index contributed by atoms with van der Waals surface area (Å²) in [7, 11) is 0. The molecule has 2 N–H and O–H groups in total. The molecule has 0 fully saturated rings. The number of amides is 2. The van der Waals surface area contributed by atoms with Gasteiger partial charge in [0.05, 0.1) is 22.0 Å². The molecule has 1 aliphatic heterocycles. The number of hydrogen-bond donors (Lipinski definition) is 2. The fraction of sp³-hybridized carbons (Fsp3) is 0.182. The molecule has 0 spiro atoms. The summed E-state index contributed by atoms with van der Waals surface area (Å²) in [6.07, 6.45) is 0.582. The number of hydrogen-bond acceptors (Lipinski definition) is 5. The molecule has 1 unspecified atom stereocenters. The Balaban J connectivity index is 1.48. The first-order valence-corrected chi connectivity index (χ1v) is 10.3. The fourth-order valence-corrected chi connectivity index (χ4v) is 3.48. The van der Waals surface area contributed by atoms with E-state index in [1.165, 1.54) is 22.9 Å². The van der Waals surface area contributed by atoms with E-state index < -0.39 is 23.7 Å². The van der Waals surface area contributed by atoms with Gasteiger partial charge >= 0.3 is 0 Å². The minimum atomic E-state index is -1.00. The average Bonchev–Trinajstić information content (AvgIpc) is 3.42. The van der Waals surface area contributed by atoms with Gasteiger partial charge in [-0.1, -0.05) is 41.0 Å². The van der Waals surface area contributed by atoms with Crippen LogP contribution < -0.4 is 10.6 Å². The average molecular weight is 456 g/mol. The fourth-order valence-electron chi connectivity index (χ4n) is 3.21. The van der Waals surface area contributed by atoms with Crippen molar-refractivity contribution in [3.8, 4) is 0 Å². The molecule has 1 aliphatic rings. The highest BCUT2D eigenvalue weighted by molar-refractivity contribution is 6.34. The Morgan fingerprint density at radius 2 is 1.97 bits per heavy atom. The molecule has 164 valence electrons. The highest BCUT2D eigenvalue weighted by atomic mass is 35.5. The van der Waals surface area contributed by atoms with Crippen molar-refractivity contribution in [1.82, 2.24) is 9.78 Å². The summed E-state index contributed by atoms with van der Waals surface area (Å²) in [5.74, 6) is -1.56. The number of aromatic nitrogens is 2. The molecule has 0 radical (unpaired) electrons. The summed E-state index contributed by atoms with van der Waals surface area (Å²) in [5.41, 5.74) is 1.22. The summed E-state index contributed by atoms with van der Waals surface area (Å²) in [5, 5.41) is 13.7. The van der Waals surface area contributed by atoms with Crippen LogP contribution >= 0.6 is 11.6 Å². The molecule has 0 saturated heterocycles. The zero-order valence-corrected chi connectivity index (χ0v) is 17.8. The number of carbonyl (C=O) groups is 2. The zero-order chi connectivity index (χ0) is 22.7. The van der Waals surface area contributed by atoms with E-state index in [1.54, 1.807) is 30.5 Å². The van der Waals surface area contributed by atoms with E-state index in [1.807, 2.05) is 13.0 Å². The van der Waals surface area contributed by atoms with E-state index >= 15 is 0 Å². The van der Waals surface area contributed by atoms with Crippen LogP contribution in [-0.2, 0) is 16.2 Å². The van der Waals surface area contributed by atoms with Gasteiger partial charge in [-0.25, -0.2) is 4.39 Å². The number of para-hydroxylation sites is 1. The van der Waals surface area contributed by atoms with Gasteiger partial charge in [-0.2, -0.15) is 5.10 Å². The summed E-state index contributed by atoms with van der Waals surface area (Å²) >= 11 is 6.08. The maximum atomic E-state index is 14.2. The van der Waals surface area contributed by atoms with E-state index in [0.717, 1.165) is 0 Å². The summed E-state index contributed by atoms with van der Waals surface area (Å²) < 4.78 is 15.7. The standard InChI is InChI=1S/C22H19ClFN5O3/c1-2-29-12-17(20(27-29)22(31)25-13-7-4-3-5-8-13)26-21(30)18-11-16(28-32-18)19-14(23)9-6-10-15(19)24/h3-10,12,18H,2,11H2,1H3,(H,25,31)(H,26,30). The third-order valence-electron chi connectivity index (χ3n) is 4.80. The number of nitrogens with one attached hydrogen (secondary N) is 2. The Morgan fingerprint density at radius 3 is 2.69 bits per heavy atom. The molecule has 1 aromatic heterocycles. The second-order valence-corrected chi connectivity index (χ2v) is 7.40. The van der Waals surface area contributed by atoms with Crippen molar-refractivity contribution in [2.45, 2.75) is 26.0 Å². The monoisotopic (exact) mass is 455 g/mol. The minimum Gasteiger partial charge on any atom is -0.382 e. The topological polar surface area (TPSA) is 97.6 Å². The van der Waals surface area contributed by atoms with Crippen LogP contribution in [0.15, 0.2) is 59.9 Å². The first kappa shape index (κ1) is 21.5. The smallest absolute Gasteiger partial charge is 0.278 e. The second-order valence-electron chi connectivity index (χ2n) is 6.99. The van der Waals surface area contributed by atoms with E-state index in [-0.39, 0.29) is 34.1 Å². The Labute approximate surface area is 188 Å². The van der Waals surface area contributed by atoms with E-state index in [4.69, 9.17) is 16.4 Å². The molecular weight excluding hydrogens is 437 g/mol. The minimum absolute atomic E-state index is 0.0277. The summed E-state index contributed by atoms with van der Waals surface area (Å²) in [4.78, 5) is 30.7. The first-order chi connectivity index (χ1) is 15.5. The van der Waals surface area contributed by atoms with Crippen LogP contribution in [-0.4, -0.2) is 33.4 Å². The number of halogens is 2. The quantitative estimate of drug-likeness (QED) is 0.585. The van der Waals surface area contributed by atoms with Gasteiger partial charge in [0.15, 0.2) is 5.69 Å². The molecule has 2 amide bonds. The lowest BCUT2D eigenvalue weighted by Crippen LogP contribution is -2.29. The lowest BCUT2D eigenvalue weighted by molar-refractivity contribution is -0.125. The van der Waals surface area contributed by atoms with Crippen molar-refractivity contribution < 1.29 is 18.8 Å². The maximum Gasteiger partial charge on any atom is 0.278 e. The van der Waals surface area contributed by atoms with Gasteiger partial charge in [0.2, 0.25) is 6.10 Å². The van der Waals surface area contributed by atoms with Gasteiger partial charge in [-0.05, 0) is 31.2 Å². The predicted octanol–water partition coefficient (Wildman–Crippen LogP) is 4.08. The number of anilines is 2. The van der Waals surface area contributed by atoms with Crippen molar-refractivity contribution in [3.63, 3.8) is 0 Å². The highest BCUT2D eigenvalue weighted by Gasteiger charge is 2.32. The largest absolute Gasteiger partial charge is 0.382 e. The van der Waals surface area contributed by atoms with Gasteiger partial charge in [0.25, 0.3) is 11.8 Å². The summed E-state index contributed by atoms with van der Waals surface area (Å²) in [6, 6.07) is 13.2. The van der Waals surface area contributed by atoms with Crippen LogP contribution in [0, 0.1) is 5.82 Å². The molecular formula is C22H19ClFN5O3. The number of rotatable bonds is 6. The molecule has 8 nitrogen and oxygen atoms in total.